The maximum absolute atomic E-state index is 4.56. The van der Waals surface area contributed by atoms with E-state index in [0.29, 0.717) is 0 Å². The average Bonchev–Trinajstić information content (AvgIpc) is 2.27. The number of allylic oxidation sites excluding steroid dienone is 2. The third-order valence-electron chi connectivity index (χ3n) is 2.42. The van der Waals surface area contributed by atoms with E-state index >= 15 is 0 Å². The topological polar surface area (TPSA) is 15.6 Å². The second-order valence-corrected chi connectivity index (χ2v) is 4.14. The Morgan fingerprint density at radius 3 is 2.47 bits per heavy atom. The number of rotatable bonds is 3. The van der Waals surface area contributed by atoms with E-state index in [1.54, 1.807) is 0 Å². The Kier molecular flexibility index (Phi) is 4.70. The first-order chi connectivity index (χ1) is 8.06. The zero-order valence-corrected chi connectivity index (χ0v) is 11.1. The van der Waals surface area contributed by atoms with Crippen molar-refractivity contribution in [3.8, 4) is 0 Å². The van der Waals surface area contributed by atoms with Gasteiger partial charge in [0.2, 0.25) is 0 Å². The number of aryl methyl sites for hydroxylation is 1. The minimum atomic E-state index is 0.763. The van der Waals surface area contributed by atoms with Crippen LogP contribution in [0, 0.1) is 6.92 Å². The van der Waals surface area contributed by atoms with Crippen molar-refractivity contribution in [3.63, 3.8) is 0 Å². The molecule has 0 unspecified atom stereocenters. The SMILES string of the molecule is C=C(/C=C/C)/N=C(\c1ccccc1C)N(C)C. The van der Waals surface area contributed by atoms with E-state index in [1.807, 2.05) is 50.2 Å². The highest BCUT2D eigenvalue weighted by Gasteiger charge is 2.08. The number of nitrogens with zero attached hydrogens (tertiary/aromatic N) is 2. The molecule has 0 saturated heterocycles. The summed E-state index contributed by atoms with van der Waals surface area (Å²) in [7, 11) is 3.99. The van der Waals surface area contributed by atoms with Gasteiger partial charge in [0.25, 0.3) is 0 Å². The van der Waals surface area contributed by atoms with E-state index in [4.69, 9.17) is 0 Å². The van der Waals surface area contributed by atoms with Crippen molar-refractivity contribution in [2.45, 2.75) is 13.8 Å². The average molecular weight is 228 g/mol. The van der Waals surface area contributed by atoms with Gasteiger partial charge in [0.1, 0.15) is 5.84 Å². The second kappa shape index (κ2) is 6.04. The summed E-state index contributed by atoms with van der Waals surface area (Å²) in [5, 5.41) is 0. The van der Waals surface area contributed by atoms with Crippen LogP contribution < -0.4 is 0 Å². The Balaban J connectivity index is 3.19. The molecular formula is C15H20N2. The molecule has 1 aromatic rings. The van der Waals surface area contributed by atoms with Gasteiger partial charge in [0.15, 0.2) is 0 Å². The van der Waals surface area contributed by atoms with Crippen LogP contribution in [-0.4, -0.2) is 24.8 Å². The van der Waals surface area contributed by atoms with Crippen LogP contribution >= 0.6 is 0 Å². The fraction of sp³-hybridized carbons (Fsp3) is 0.267. The zero-order chi connectivity index (χ0) is 12.8. The summed E-state index contributed by atoms with van der Waals surface area (Å²) in [6.45, 7) is 7.97. The molecule has 0 amide bonds. The summed E-state index contributed by atoms with van der Waals surface area (Å²) in [6.07, 6.45) is 3.85. The lowest BCUT2D eigenvalue weighted by Gasteiger charge is -2.17. The van der Waals surface area contributed by atoms with Crippen molar-refractivity contribution in [2.75, 3.05) is 14.1 Å². The second-order valence-electron chi connectivity index (χ2n) is 4.14. The summed E-state index contributed by atoms with van der Waals surface area (Å²) in [6, 6.07) is 8.23. The highest BCUT2D eigenvalue weighted by Crippen LogP contribution is 2.12. The molecule has 0 aromatic heterocycles. The predicted octanol–water partition coefficient (Wildman–Crippen LogP) is 3.39. The Morgan fingerprint density at radius 1 is 1.29 bits per heavy atom. The van der Waals surface area contributed by atoms with E-state index in [9.17, 15) is 0 Å². The molecule has 2 heteroatoms. The fourth-order valence-electron chi connectivity index (χ4n) is 1.59. The molecular weight excluding hydrogens is 208 g/mol. The number of amidine groups is 1. The van der Waals surface area contributed by atoms with Gasteiger partial charge >= 0.3 is 0 Å². The van der Waals surface area contributed by atoms with Gasteiger partial charge in [-0.1, -0.05) is 36.9 Å². The van der Waals surface area contributed by atoms with Crippen LogP contribution in [0.15, 0.2) is 53.7 Å². The molecule has 0 bridgehead atoms. The lowest BCUT2D eigenvalue weighted by molar-refractivity contribution is 0.622. The lowest BCUT2D eigenvalue weighted by atomic mass is 10.1. The fourth-order valence-corrected chi connectivity index (χ4v) is 1.59. The molecule has 0 N–H and O–H groups in total. The molecule has 0 radical (unpaired) electrons. The van der Waals surface area contributed by atoms with Crippen molar-refractivity contribution in [1.82, 2.24) is 4.90 Å². The van der Waals surface area contributed by atoms with Crippen LogP contribution in [0.1, 0.15) is 18.1 Å². The van der Waals surface area contributed by atoms with Crippen LogP contribution in [0.5, 0.6) is 0 Å². The van der Waals surface area contributed by atoms with Crippen LogP contribution in [0.25, 0.3) is 0 Å². The van der Waals surface area contributed by atoms with E-state index in [0.717, 1.165) is 17.1 Å². The third-order valence-corrected chi connectivity index (χ3v) is 2.42. The molecule has 0 saturated carbocycles. The standard InChI is InChI=1S/C15H20N2/c1-6-9-13(3)16-15(17(4)5)14-11-8-7-10-12(14)2/h6-11H,3H2,1-2,4-5H3/b9-6+,16-15+. The summed E-state index contributed by atoms with van der Waals surface area (Å²) in [5.74, 6) is 0.936. The predicted molar refractivity (Wildman–Crippen MR) is 75.4 cm³/mol. The lowest BCUT2D eigenvalue weighted by Crippen LogP contribution is -2.24. The zero-order valence-electron chi connectivity index (χ0n) is 11.1. The largest absolute Gasteiger partial charge is 0.362 e. The normalized spacial score (nSPS) is 11.9. The molecule has 0 spiro atoms. The van der Waals surface area contributed by atoms with Gasteiger partial charge in [-0.05, 0) is 25.5 Å². The van der Waals surface area contributed by atoms with Gasteiger partial charge in [-0.3, -0.25) is 0 Å². The Hall–Kier alpha value is -1.83. The Labute approximate surface area is 104 Å². The highest BCUT2D eigenvalue weighted by molar-refractivity contribution is 6.00. The van der Waals surface area contributed by atoms with E-state index in [-0.39, 0.29) is 0 Å². The van der Waals surface area contributed by atoms with Crippen LogP contribution in [-0.2, 0) is 0 Å². The minimum Gasteiger partial charge on any atom is -0.362 e. The molecule has 1 aromatic carbocycles. The number of benzene rings is 1. The molecule has 0 aliphatic carbocycles. The van der Waals surface area contributed by atoms with Gasteiger partial charge in [0, 0.05) is 19.7 Å². The van der Waals surface area contributed by atoms with Gasteiger partial charge in [-0.25, -0.2) is 4.99 Å². The molecule has 0 heterocycles. The van der Waals surface area contributed by atoms with Gasteiger partial charge in [-0.15, -0.1) is 0 Å². The molecule has 0 aliphatic heterocycles. The summed E-state index contributed by atoms with van der Waals surface area (Å²) < 4.78 is 0. The summed E-state index contributed by atoms with van der Waals surface area (Å²) >= 11 is 0. The molecule has 0 atom stereocenters. The van der Waals surface area contributed by atoms with E-state index in [2.05, 4.69) is 30.6 Å². The Morgan fingerprint density at radius 2 is 1.94 bits per heavy atom. The van der Waals surface area contributed by atoms with Crippen molar-refractivity contribution in [3.05, 3.63) is 59.8 Å². The monoisotopic (exact) mass is 228 g/mol. The number of hydrogen-bond acceptors (Lipinski definition) is 1. The Bertz CT molecular complexity index is 454. The van der Waals surface area contributed by atoms with Crippen molar-refractivity contribution in [1.29, 1.82) is 0 Å². The van der Waals surface area contributed by atoms with Crippen molar-refractivity contribution < 1.29 is 0 Å². The van der Waals surface area contributed by atoms with Crippen molar-refractivity contribution >= 4 is 5.84 Å². The molecule has 1 rings (SSSR count). The quantitative estimate of drug-likeness (QED) is 0.440. The number of aliphatic imine (C=N–C) groups is 1. The summed E-state index contributed by atoms with van der Waals surface area (Å²) in [5.41, 5.74) is 3.12. The van der Waals surface area contributed by atoms with Gasteiger partial charge in [0.05, 0.1) is 5.70 Å². The smallest absolute Gasteiger partial charge is 0.136 e. The number of hydrogen-bond donors (Lipinski definition) is 0. The first-order valence-corrected chi connectivity index (χ1v) is 5.70. The van der Waals surface area contributed by atoms with Gasteiger partial charge < -0.3 is 4.90 Å². The van der Waals surface area contributed by atoms with Crippen molar-refractivity contribution in [2.24, 2.45) is 4.99 Å². The van der Waals surface area contributed by atoms with E-state index < -0.39 is 0 Å². The molecule has 17 heavy (non-hydrogen) atoms. The van der Waals surface area contributed by atoms with E-state index in [1.165, 1.54) is 5.56 Å². The molecule has 0 fully saturated rings. The maximum Gasteiger partial charge on any atom is 0.136 e. The third kappa shape index (κ3) is 3.59. The maximum atomic E-state index is 4.56. The molecule has 2 nitrogen and oxygen atoms in total. The van der Waals surface area contributed by atoms with Crippen LogP contribution in [0.3, 0.4) is 0 Å². The van der Waals surface area contributed by atoms with Crippen LogP contribution in [0.4, 0.5) is 0 Å². The molecule has 90 valence electrons. The highest BCUT2D eigenvalue weighted by atomic mass is 15.1. The summed E-state index contributed by atoms with van der Waals surface area (Å²) in [4.78, 5) is 6.57. The molecule has 0 aliphatic rings. The first kappa shape index (κ1) is 13.2. The first-order valence-electron chi connectivity index (χ1n) is 5.70. The van der Waals surface area contributed by atoms with Crippen LogP contribution in [0.2, 0.25) is 0 Å². The van der Waals surface area contributed by atoms with Gasteiger partial charge in [-0.2, -0.15) is 0 Å². The minimum absolute atomic E-state index is 0.763.